The maximum Gasteiger partial charge on any atom is 0.291 e. The highest BCUT2D eigenvalue weighted by atomic mass is 16.5. The van der Waals surface area contributed by atoms with E-state index in [1.54, 1.807) is 4.68 Å². The van der Waals surface area contributed by atoms with E-state index in [0.29, 0.717) is 38.1 Å². The monoisotopic (exact) mass is 462 g/mol. The average Bonchev–Trinajstić information content (AvgIpc) is 3.25. The van der Waals surface area contributed by atoms with Crippen LogP contribution in [0.5, 0.6) is 5.75 Å². The molecule has 180 valence electrons. The molecule has 0 saturated carbocycles. The summed E-state index contributed by atoms with van der Waals surface area (Å²) in [5, 5.41) is 7.68. The summed E-state index contributed by atoms with van der Waals surface area (Å²) in [6.45, 7) is 10.6. The Labute approximate surface area is 201 Å². The topological polar surface area (TPSA) is 78.3 Å². The molecule has 0 unspecified atom stereocenters. The number of carbonyl (C=O) groups excluding carboxylic acids is 1. The molecule has 0 spiro atoms. The van der Waals surface area contributed by atoms with Gasteiger partial charge in [0.05, 0.1) is 12.3 Å². The van der Waals surface area contributed by atoms with Crippen LogP contribution in [0.4, 0.5) is 0 Å². The Kier molecular flexibility index (Phi) is 7.32. The zero-order chi connectivity index (χ0) is 24.1. The molecule has 1 N–H and O–H groups in total. The summed E-state index contributed by atoms with van der Waals surface area (Å²) >= 11 is 0. The van der Waals surface area contributed by atoms with Gasteiger partial charge in [-0.15, -0.1) is 5.10 Å². The van der Waals surface area contributed by atoms with Gasteiger partial charge in [-0.25, -0.2) is 9.67 Å². The number of para-hydroxylation sites is 1. The number of carbonyl (C=O) groups is 1. The molecule has 1 aliphatic rings. The number of hydrogen-bond acceptors (Lipinski definition) is 5. The third kappa shape index (κ3) is 4.99. The van der Waals surface area contributed by atoms with Crippen LogP contribution in [0.15, 0.2) is 48.5 Å². The van der Waals surface area contributed by atoms with E-state index in [-0.39, 0.29) is 17.1 Å². The number of amides is 1. The van der Waals surface area contributed by atoms with E-state index < -0.39 is 0 Å². The number of nitrogens with zero attached hydrogens (tertiary/aromatic N) is 3. The molecule has 0 radical (unpaired) electrons. The molecule has 4 rings (SSSR count). The number of benzene rings is 2. The second-order valence-corrected chi connectivity index (χ2v) is 9.14. The molecule has 0 bridgehead atoms. The minimum absolute atomic E-state index is 0.185. The van der Waals surface area contributed by atoms with Crippen LogP contribution in [0, 0.1) is 6.92 Å². The predicted molar refractivity (Wildman–Crippen MR) is 132 cm³/mol. The second kappa shape index (κ2) is 10.4. The quantitative estimate of drug-likeness (QED) is 0.530. The molecule has 1 saturated heterocycles. The summed E-state index contributed by atoms with van der Waals surface area (Å²) in [6, 6.07) is 16.3. The Morgan fingerprint density at radius 2 is 1.85 bits per heavy atom. The van der Waals surface area contributed by atoms with Crippen LogP contribution >= 0.6 is 0 Å². The van der Waals surface area contributed by atoms with Gasteiger partial charge in [-0.3, -0.25) is 4.79 Å². The third-order valence-electron chi connectivity index (χ3n) is 6.57. The van der Waals surface area contributed by atoms with Gasteiger partial charge in [0, 0.05) is 25.2 Å². The molecule has 1 amide bonds. The third-order valence-corrected chi connectivity index (χ3v) is 6.57. The van der Waals surface area contributed by atoms with Crippen molar-refractivity contribution in [1.29, 1.82) is 0 Å². The average molecular weight is 463 g/mol. The maximum atomic E-state index is 13.1. The molecule has 0 atom stereocenters. The Morgan fingerprint density at radius 1 is 1.15 bits per heavy atom. The first kappa shape index (κ1) is 24.0. The lowest BCUT2D eigenvalue weighted by molar-refractivity contribution is 0.0486. The van der Waals surface area contributed by atoms with E-state index >= 15 is 0 Å². The van der Waals surface area contributed by atoms with Crippen LogP contribution in [0.2, 0.25) is 0 Å². The molecular weight excluding hydrogens is 428 g/mol. The fourth-order valence-corrected chi connectivity index (χ4v) is 4.61. The van der Waals surface area contributed by atoms with E-state index in [0.717, 1.165) is 24.3 Å². The van der Waals surface area contributed by atoms with Crippen molar-refractivity contribution < 1.29 is 14.3 Å². The first-order valence-electron chi connectivity index (χ1n) is 12.1. The molecule has 1 fully saturated rings. The highest BCUT2D eigenvalue weighted by Gasteiger charge is 2.35. The number of ether oxygens (including phenoxy) is 2. The lowest BCUT2D eigenvalue weighted by Crippen LogP contribution is -2.44. The van der Waals surface area contributed by atoms with Crippen molar-refractivity contribution in [2.75, 3.05) is 26.4 Å². The Bertz CT molecular complexity index is 1120. The lowest BCUT2D eigenvalue weighted by atomic mass is 9.74. The summed E-state index contributed by atoms with van der Waals surface area (Å²) in [5.74, 6) is 1.79. The van der Waals surface area contributed by atoms with E-state index in [1.165, 1.54) is 11.1 Å². The van der Waals surface area contributed by atoms with Crippen LogP contribution in [-0.4, -0.2) is 47.0 Å². The van der Waals surface area contributed by atoms with Gasteiger partial charge in [0.15, 0.2) is 0 Å². The molecule has 1 aromatic heterocycles. The Balaban J connectivity index is 1.53. The van der Waals surface area contributed by atoms with Gasteiger partial charge >= 0.3 is 0 Å². The van der Waals surface area contributed by atoms with Crippen molar-refractivity contribution in [3.8, 4) is 11.4 Å². The standard InChI is InChI=1S/C27H34N4O3/c1-5-34-22-12-10-21(11-13-22)27(14-16-33-17-15-27)18-28-26(32)25-29-20(4)31(30-25)24-9-7-6-8-23(24)19(2)3/h6-13,19H,5,14-18H2,1-4H3,(H,28,32). The van der Waals surface area contributed by atoms with Gasteiger partial charge in [-0.05, 0) is 61.9 Å². The molecule has 3 aromatic rings. The van der Waals surface area contributed by atoms with E-state index in [9.17, 15) is 4.79 Å². The zero-order valence-corrected chi connectivity index (χ0v) is 20.5. The van der Waals surface area contributed by atoms with Crippen molar-refractivity contribution in [3.63, 3.8) is 0 Å². The normalized spacial score (nSPS) is 15.3. The SMILES string of the molecule is CCOc1ccc(C2(CNC(=O)c3nc(C)n(-c4ccccc4C(C)C)n3)CCOCC2)cc1. The minimum atomic E-state index is -0.263. The van der Waals surface area contributed by atoms with Crippen molar-refractivity contribution in [2.24, 2.45) is 0 Å². The second-order valence-electron chi connectivity index (χ2n) is 9.14. The van der Waals surface area contributed by atoms with Crippen LogP contribution in [0.3, 0.4) is 0 Å². The Morgan fingerprint density at radius 3 is 2.53 bits per heavy atom. The van der Waals surface area contributed by atoms with Crippen molar-refractivity contribution in [1.82, 2.24) is 20.1 Å². The van der Waals surface area contributed by atoms with E-state index in [1.807, 2.05) is 44.2 Å². The summed E-state index contributed by atoms with van der Waals surface area (Å²) in [6.07, 6.45) is 1.67. The fraction of sp³-hybridized carbons (Fsp3) is 0.444. The molecule has 2 aromatic carbocycles. The van der Waals surface area contributed by atoms with Crippen molar-refractivity contribution in [3.05, 3.63) is 71.3 Å². The number of aromatic nitrogens is 3. The zero-order valence-electron chi connectivity index (χ0n) is 20.5. The molecule has 1 aliphatic heterocycles. The van der Waals surface area contributed by atoms with E-state index in [2.05, 4.69) is 47.4 Å². The fourth-order valence-electron chi connectivity index (χ4n) is 4.61. The number of rotatable bonds is 8. The number of hydrogen-bond donors (Lipinski definition) is 1. The van der Waals surface area contributed by atoms with Crippen LogP contribution in [-0.2, 0) is 10.2 Å². The van der Waals surface area contributed by atoms with Gasteiger partial charge in [-0.1, -0.05) is 44.2 Å². The highest BCUT2D eigenvalue weighted by Crippen LogP contribution is 2.35. The highest BCUT2D eigenvalue weighted by molar-refractivity contribution is 5.90. The number of nitrogens with one attached hydrogen (secondary N) is 1. The summed E-state index contributed by atoms with van der Waals surface area (Å²) in [5.41, 5.74) is 3.11. The number of aryl methyl sites for hydroxylation is 1. The van der Waals surface area contributed by atoms with Crippen molar-refractivity contribution >= 4 is 5.91 Å². The molecule has 7 heteroatoms. The first-order valence-corrected chi connectivity index (χ1v) is 12.1. The smallest absolute Gasteiger partial charge is 0.291 e. The van der Waals surface area contributed by atoms with Gasteiger partial charge in [-0.2, -0.15) is 0 Å². The molecular formula is C27H34N4O3. The molecule has 34 heavy (non-hydrogen) atoms. The summed E-state index contributed by atoms with van der Waals surface area (Å²) in [7, 11) is 0. The van der Waals surface area contributed by atoms with Crippen LogP contribution in [0.1, 0.15) is 67.1 Å². The summed E-state index contributed by atoms with van der Waals surface area (Å²) in [4.78, 5) is 17.6. The van der Waals surface area contributed by atoms with Crippen LogP contribution < -0.4 is 10.1 Å². The molecule has 0 aliphatic carbocycles. The molecule has 7 nitrogen and oxygen atoms in total. The van der Waals surface area contributed by atoms with Gasteiger partial charge in [0.1, 0.15) is 11.6 Å². The van der Waals surface area contributed by atoms with Gasteiger partial charge in [0.2, 0.25) is 5.82 Å². The lowest BCUT2D eigenvalue weighted by Gasteiger charge is -2.38. The Hall–Kier alpha value is -3.19. The molecule has 2 heterocycles. The van der Waals surface area contributed by atoms with E-state index in [4.69, 9.17) is 9.47 Å². The van der Waals surface area contributed by atoms with Gasteiger partial charge in [0.25, 0.3) is 5.91 Å². The maximum absolute atomic E-state index is 13.1. The van der Waals surface area contributed by atoms with Gasteiger partial charge < -0.3 is 14.8 Å². The predicted octanol–water partition coefficient (Wildman–Crippen LogP) is 4.58. The minimum Gasteiger partial charge on any atom is -0.494 e. The first-order chi connectivity index (χ1) is 16.4. The van der Waals surface area contributed by atoms with Crippen LogP contribution in [0.25, 0.3) is 5.69 Å². The largest absolute Gasteiger partial charge is 0.494 e. The van der Waals surface area contributed by atoms with Crippen molar-refractivity contribution in [2.45, 2.75) is 51.9 Å². The summed E-state index contributed by atoms with van der Waals surface area (Å²) < 4.78 is 13.0.